The van der Waals surface area contributed by atoms with Crippen molar-refractivity contribution in [2.24, 2.45) is 14.1 Å². The Labute approximate surface area is 149 Å². The van der Waals surface area contributed by atoms with E-state index >= 15 is 0 Å². The van der Waals surface area contributed by atoms with E-state index in [1.54, 1.807) is 0 Å². The lowest BCUT2D eigenvalue weighted by molar-refractivity contribution is -0.671. The Bertz CT molecular complexity index is 421. The van der Waals surface area contributed by atoms with Gasteiger partial charge in [-0.1, -0.05) is 0 Å². The smallest absolute Gasteiger partial charge is 0.168 e. The highest BCUT2D eigenvalue weighted by Gasteiger charge is 1.99. The summed E-state index contributed by atoms with van der Waals surface area (Å²) >= 11 is 0. The number of hydrogen-bond donors (Lipinski definition) is 0. The van der Waals surface area contributed by atoms with Gasteiger partial charge in [0.05, 0.1) is 0 Å². The molecular weight excluding hydrogens is 462 g/mol. The van der Waals surface area contributed by atoms with E-state index in [4.69, 9.17) is 0 Å². The summed E-state index contributed by atoms with van der Waals surface area (Å²) in [7, 11) is 4.10. The lowest BCUT2D eigenvalue weighted by atomic mass is 10.1. The summed E-state index contributed by atoms with van der Waals surface area (Å²) in [4.78, 5) is 0. The second-order valence-electron chi connectivity index (χ2n) is 4.60. The third-order valence-corrected chi connectivity index (χ3v) is 3.03. The van der Waals surface area contributed by atoms with Crippen LogP contribution in [0.2, 0.25) is 0 Å². The first-order valence-electron chi connectivity index (χ1n) is 6.12. The predicted molar refractivity (Wildman–Crippen MR) is 67.3 cm³/mol. The molecule has 2 heterocycles. The Hall–Kier alpha value is -0.240. The molecule has 0 fully saturated rings. The molecule has 0 aromatic carbocycles. The Morgan fingerprint density at radius 3 is 1.32 bits per heavy atom. The molecule has 0 saturated carbocycles. The molecule has 4 heteroatoms. The van der Waals surface area contributed by atoms with E-state index in [0.29, 0.717) is 0 Å². The minimum Gasteiger partial charge on any atom is -1.00 e. The largest absolute Gasteiger partial charge is 1.00 e. The summed E-state index contributed by atoms with van der Waals surface area (Å²) in [5, 5.41) is 0. The van der Waals surface area contributed by atoms with Crippen LogP contribution in [-0.2, 0) is 26.9 Å². The lowest BCUT2D eigenvalue weighted by Gasteiger charge is -2.00. The zero-order valence-electron chi connectivity index (χ0n) is 11.4. The molecule has 0 N–H and O–H groups in total. The number of halogens is 2. The van der Waals surface area contributed by atoms with E-state index in [9.17, 15) is 0 Å². The summed E-state index contributed by atoms with van der Waals surface area (Å²) in [5.41, 5.74) is 2.84. The molecule has 0 aliphatic heterocycles. The van der Waals surface area contributed by atoms with Crippen LogP contribution < -0.4 is 57.1 Å². The summed E-state index contributed by atoms with van der Waals surface area (Å²) in [6, 6.07) is 8.80. The van der Waals surface area contributed by atoms with Crippen molar-refractivity contribution in [3.8, 4) is 0 Å². The average Bonchev–Trinajstić information content (AvgIpc) is 2.34. The monoisotopic (exact) mass is 482 g/mol. The normalized spacial score (nSPS) is 9.37. The maximum Gasteiger partial charge on any atom is 0.168 e. The molecule has 0 amide bonds. The van der Waals surface area contributed by atoms with Crippen molar-refractivity contribution < 1.29 is 57.1 Å². The van der Waals surface area contributed by atoms with E-state index < -0.39 is 0 Å². The molecule has 2 rings (SSSR count). The first-order chi connectivity index (χ1) is 8.24. The van der Waals surface area contributed by atoms with Crippen molar-refractivity contribution in [3.63, 3.8) is 0 Å². The number of hydrogen-bond acceptors (Lipinski definition) is 0. The second kappa shape index (κ2) is 9.63. The molecule has 0 radical (unpaired) electrons. The molecule has 0 aliphatic carbocycles. The van der Waals surface area contributed by atoms with Crippen molar-refractivity contribution in [1.82, 2.24) is 0 Å². The molecular formula is C15H20I2N2. The van der Waals surface area contributed by atoms with Crippen LogP contribution in [0.3, 0.4) is 0 Å². The summed E-state index contributed by atoms with van der Waals surface area (Å²) in [6.45, 7) is 0. The fraction of sp³-hybridized carbons (Fsp3) is 0.333. The summed E-state index contributed by atoms with van der Waals surface area (Å²) < 4.78 is 4.14. The third-order valence-electron chi connectivity index (χ3n) is 3.03. The van der Waals surface area contributed by atoms with Gasteiger partial charge in [-0.15, -0.1) is 0 Å². The quantitative estimate of drug-likeness (QED) is 0.307. The minimum atomic E-state index is 0. The molecule has 0 saturated heterocycles. The van der Waals surface area contributed by atoms with Gasteiger partial charge < -0.3 is 48.0 Å². The van der Waals surface area contributed by atoms with Crippen LogP contribution in [0, 0.1) is 0 Å². The SMILES string of the molecule is C[n+]1ccc(CCCc2cc[n+](C)cc2)cc1.[I-].[I-]. The van der Waals surface area contributed by atoms with E-state index in [1.807, 2.05) is 14.1 Å². The van der Waals surface area contributed by atoms with Crippen LogP contribution in [0.15, 0.2) is 49.1 Å². The Balaban J connectivity index is 0.00000162. The molecule has 0 unspecified atom stereocenters. The van der Waals surface area contributed by atoms with Crippen molar-refractivity contribution in [3.05, 3.63) is 60.2 Å². The third kappa shape index (κ3) is 6.65. The maximum absolute atomic E-state index is 2.20. The van der Waals surface area contributed by atoms with E-state index in [2.05, 4.69) is 58.2 Å². The Morgan fingerprint density at radius 1 is 0.684 bits per heavy atom. The molecule has 2 aromatic rings. The van der Waals surface area contributed by atoms with Crippen molar-refractivity contribution in [1.29, 1.82) is 0 Å². The summed E-state index contributed by atoms with van der Waals surface area (Å²) in [5.74, 6) is 0. The first-order valence-corrected chi connectivity index (χ1v) is 6.12. The van der Waals surface area contributed by atoms with Crippen molar-refractivity contribution in [2.75, 3.05) is 0 Å². The molecule has 19 heavy (non-hydrogen) atoms. The maximum atomic E-state index is 2.20. The first kappa shape index (κ1) is 18.8. The van der Waals surface area contributed by atoms with Crippen molar-refractivity contribution in [2.45, 2.75) is 19.3 Å². The molecule has 0 atom stereocenters. The van der Waals surface area contributed by atoms with Crippen LogP contribution in [0.4, 0.5) is 0 Å². The Morgan fingerprint density at radius 2 is 1.00 bits per heavy atom. The van der Waals surface area contributed by atoms with Gasteiger partial charge in [-0.05, 0) is 30.4 Å². The predicted octanol–water partition coefficient (Wildman–Crippen LogP) is -4.48. The van der Waals surface area contributed by atoms with E-state index in [1.165, 1.54) is 17.5 Å². The average molecular weight is 482 g/mol. The zero-order valence-corrected chi connectivity index (χ0v) is 15.7. The highest BCUT2D eigenvalue weighted by Crippen LogP contribution is 2.05. The fourth-order valence-electron chi connectivity index (χ4n) is 1.89. The topological polar surface area (TPSA) is 7.76 Å². The van der Waals surface area contributed by atoms with Gasteiger partial charge in [0, 0.05) is 24.3 Å². The minimum absolute atomic E-state index is 0. The molecule has 2 aromatic heterocycles. The van der Waals surface area contributed by atoms with Gasteiger partial charge in [0.25, 0.3) is 0 Å². The van der Waals surface area contributed by atoms with Gasteiger partial charge in [-0.3, -0.25) is 0 Å². The standard InChI is InChI=1S/C15H20N2.2HI/c1-16-10-6-14(7-11-16)4-3-5-15-8-12-17(2)13-9-15;;/h6-13H,3-5H2,1-2H3;2*1H/q+2;;/p-2. The number of aryl methyl sites for hydroxylation is 4. The van der Waals surface area contributed by atoms with Crippen LogP contribution in [0.1, 0.15) is 17.5 Å². The van der Waals surface area contributed by atoms with Gasteiger partial charge in [0.2, 0.25) is 0 Å². The molecule has 0 spiro atoms. The molecule has 0 aliphatic rings. The zero-order chi connectivity index (χ0) is 12.1. The molecule has 2 nitrogen and oxygen atoms in total. The highest BCUT2D eigenvalue weighted by molar-refractivity contribution is 5.10. The number of rotatable bonds is 4. The number of nitrogens with zero attached hydrogens (tertiary/aromatic N) is 2. The second-order valence-corrected chi connectivity index (χ2v) is 4.60. The van der Waals surface area contributed by atoms with Crippen LogP contribution in [0.5, 0.6) is 0 Å². The van der Waals surface area contributed by atoms with Crippen LogP contribution in [-0.4, -0.2) is 0 Å². The number of pyridine rings is 2. The lowest BCUT2D eigenvalue weighted by Crippen LogP contribution is -3.00. The van der Waals surface area contributed by atoms with E-state index in [0.717, 1.165) is 12.8 Å². The molecule has 104 valence electrons. The van der Waals surface area contributed by atoms with Crippen LogP contribution in [0.25, 0.3) is 0 Å². The van der Waals surface area contributed by atoms with Gasteiger partial charge in [0.1, 0.15) is 14.1 Å². The summed E-state index contributed by atoms with van der Waals surface area (Å²) in [6.07, 6.45) is 12.0. The highest BCUT2D eigenvalue weighted by atomic mass is 127. The van der Waals surface area contributed by atoms with Crippen LogP contribution >= 0.6 is 0 Å². The van der Waals surface area contributed by atoms with Gasteiger partial charge in [-0.25, -0.2) is 9.13 Å². The Kier molecular flexibility index (Phi) is 9.51. The van der Waals surface area contributed by atoms with Gasteiger partial charge in [-0.2, -0.15) is 0 Å². The van der Waals surface area contributed by atoms with Crippen molar-refractivity contribution >= 4 is 0 Å². The van der Waals surface area contributed by atoms with E-state index in [-0.39, 0.29) is 48.0 Å². The number of aromatic nitrogens is 2. The molecule has 0 bridgehead atoms. The van der Waals surface area contributed by atoms with Gasteiger partial charge in [0.15, 0.2) is 24.8 Å². The fourth-order valence-corrected chi connectivity index (χ4v) is 1.89. The van der Waals surface area contributed by atoms with Gasteiger partial charge >= 0.3 is 0 Å².